The summed E-state index contributed by atoms with van der Waals surface area (Å²) in [6.07, 6.45) is 2.07. The second-order valence-electron chi connectivity index (χ2n) is 9.28. The molecule has 1 aromatic heterocycles. The molecule has 0 aliphatic carbocycles. The van der Waals surface area contributed by atoms with Crippen LogP contribution in [0, 0.1) is 0 Å². The number of nitrogens with one attached hydrogen (secondary N) is 1. The Morgan fingerprint density at radius 3 is 2.39 bits per heavy atom. The van der Waals surface area contributed by atoms with E-state index in [1.54, 1.807) is 26.4 Å². The van der Waals surface area contributed by atoms with Crippen LogP contribution in [0.2, 0.25) is 0 Å². The van der Waals surface area contributed by atoms with Crippen molar-refractivity contribution in [1.29, 1.82) is 0 Å². The molecule has 2 heterocycles. The number of hydrogen-bond acceptors (Lipinski definition) is 3. The SMILES string of the molecule is COc1ccc(NC(=O)N2Cc3ccccc3-n3cccc3C2c2ccc(C(C)C)cc2)cc1OC. The summed E-state index contributed by atoms with van der Waals surface area (Å²) in [7, 11) is 3.18. The summed E-state index contributed by atoms with van der Waals surface area (Å²) < 4.78 is 13.0. The second kappa shape index (κ2) is 9.82. The molecular weight excluding hydrogens is 450 g/mol. The zero-order valence-electron chi connectivity index (χ0n) is 21.1. The van der Waals surface area contributed by atoms with Gasteiger partial charge in [-0.2, -0.15) is 0 Å². The number of amides is 2. The maximum Gasteiger partial charge on any atom is 0.322 e. The Bertz CT molecular complexity index is 1370. The molecule has 0 fully saturated rings. The summed E-state index contributed by atoms with van der Waals surface area (Å²) in [5, 5.41) is 3.09. The van der Waals surface area contributed by atoms with E-state index in [2.05, 4.69) is 72.4 Å². The highest BCUT2D eigenvalue weighted by Gasteiger charge is 2.33. The molecule has 1 N–H and O–H groups in total. The third kappa shape index (κ3) is 4.31. The van der Waals surface area contributed by atoms with E-state index in [1.807, 2.05) is 29.2 Å². The van der Waals surface area contributed by atoms with E-state index in [1.165, 1.54) is 5.56 Å². The van der Waals surface area contributed by atoms with Crippen LogP contribution in [0.1, 0.15) is 48.2 Å². The highest BCUT2D eigenvalue weighted by atomic mass is 16.5. The van der Waals surface area contributed by atoms with Gasteiger partial charge < -0.3 is 24.3 Å². The molecule has 2 amide bonds. The Labute approximate surface area is 212 Å². The molecule has 1 unspecified atom stereocenters. The number of aromatic nitrogens is 1. The number of fused-ring (bicyclic) bond motifs is 3. The standard InChI is InChI=1S/C30H31N3O3/c1-20(2)21-11-13-22(14-12-21)29-26-10-7-17-32(26)25-9-6-5-8-23(25)19-33(29)30(34)31-24-15-16-27(35-3)28(18-24)36-4/h5-18,20,29H,19H2,1-4H3,(H,31,34). The van der Waals surface area contributed by atoms with E-state index in [4.69, 9.17) is 9.47 Å². The summed E-state index contributed by atoms with van der Waals surface area (Å²) in [5.74, 6) is 1.61. The number of hydrogen-bond donors (Lipinski definition) is 1. The number of para-hydroxylation sites is 1. The highest BCUT2D eigenvalue weighted by Crippen LogP contribution is 2.38. The molecule has 0 spiro atoms. The lowest BCUT2D eigenvalue weighted by atomic mass is 9.97. The molecule has 0 bridgehead atoms. The third-order valence-corrected chi connectivity index (χ3v) is 6.78. The van der Waals surface area contributed by atoms with Gasteiger partial charge in [-0.1, -0.05) is 56.3 Å². The normalized spacial score (nSPS) is 14.6. The fourth-order valence-electron chi connectivity index (χ4n) is 4.86. The van der Waals surface area contributed by atoms with Crippen molar-refractivity contribution >= 4 is 11.7 Å². The van der Waals surface area contributed by atoms with Gasteiger partial charge in [0.2, 0.25) is 0 Å². The predicted octanol–water partition coefficient (Wildman–Crippen LogP) is 6.76. The van der Waals surface area contributed by atoms with E-state index >= 15 is 0 Å². The van der Waals surface area contributed by atoms with Crippen LogP contribution < -0.4 is 14.8 Å². The number of benzene rings is 3. The first-order valence-electron chi connectivity index (χ1n) is 12.1. The van der Waals surface area contributed by atoms with E-state index in [9.17, 15) is 4.79 Å². The Hall–Kier alpha value is -4.19. The largest absolute Gasteiger partial charge is 0.493 e. The lowest BCUT2D eigenvalue weighted by molar-refractivity contribution is 0.194. The first-order chi connectivity index (χ1) is 17.5. The third-order valence-electron chi connectivity index (χ3n) is 6.78. The van der Waals surface area contributed by atoms with Crippen molar-refractivity contribution < 1.29 is 14.3 Å². The predicted molar refractivity (Wildman–Crippen MR) is 142 cm³/mol. The van der Waals surface area contributed by atoms with E-state index in [0.717, 1.165) is 22.5 Å². The van der Waals surface area contributed by atoms with Crippen molar-refractivity contribution in [3.8, 4) is 17.2 Å². The summed E-state index contributed by atoms with van der Waals surface area (Å²) in [5.41, 5.74) is 6.18. The number of ether oxygens (including phenoxy) is 2. The number of carbonyl (C=O) groups is 1. The minimum Gasteiger partial charge on any atom is -0.493 e. The summed E-state index contributed by atoms with van der Waals surface area (Å²) in [6, 6.07) is 25.9. The van der Waals surface area contributed by atoms with E-state index < -0.39 is 0 Å². The molecular formula is C30H31N3O3. The summed E-state index contributed by atoms with van der Waals surface area (Å²) in [4.78, 5) is 15.8. The lowest BCUT2D eigenvalue weighted by Crippen LogP contribution is -2.37. The minimum absolute atomic E-state index is 0.190. The maximum atomic E-state index is 13.9. The molecule has 1 aliphatic rings. The number of carbonyl (C=O) groups excluding carboxylic acids is 1. The molecule has 6 nitrogen and oxygen atoms in total. The van der Waals surface area contributed by atoms with Gasteiger partial charge in [0, 0.05) is 23.6 Å². The van der Waals surface area contributed by atoms with Gasteiger partial charge in [0.1, 0.15) is 0 Å². The maximum absolute atomic E-state index is 13.9. The molecule has 0 saturated carbocycles. The molecule has 0 radical (unpaired) electrons. The zero-order valence-corrected chi connectivity index (χ0v) is 21.1. The van der Waals surface area contributed by atoms with E-state index in [-0.39, 0.29) is 12.1 Å². The fourth-order valence-corrected chi connectivity index (χ4v) is 4.86. The van der Waals surface area contributed by atoms with Crippen LogP contribution in [-0.4, -0.2) is 29.7 Å². The van der Waals surface area contributed by atoms with Crippen molar-refractivity contribution in [2.24, 2.45) is 0 Å². The first kappa shape index (κ1) is 23.5. The van der Waals surface area contributed by atoms with Crippen LogP contribution in [0.3, 0.4) is 0 Å². The van der Waals surface area contributed by atoms with Gasteiger partial charge in [-0.15, -0.1) is 0 Å². The quantitative estimate of drug-likeness (QED) is 0.343. The molecule has 4 aromatic rings. The van der Waals surface area contributed by atoms with Crippen molar-refractivity contribution in [3.63, 3.8) is 0 Å². The van der Waals surface area contributed by atoms with Crippen LogP contribution in [0.4, 0.5) is 10.5 Å². The number of rotatable bonds is 5. The molecule has 1 aliphatic heterocycles. The van der Waals surface area contributed by atoms with Crippen LogP contribution in [0.25, 0.3) is 5.69 Å². The van der Waals surface area contributed by atoms with Crippen LogP contribution in [0.5, 0.6) is 11.5 Å². The zero-order chi connectivity index (χ0) is 25.2. The Kier molecular flexibility index (Phi) is 6.42. The van der Waals surface area contributed by atoms with Gasteiger partial charge >= 0.3 is 6.03 Å². The average Bonchev–Trinajstić information content (AvgIpc) is 3.32. The second-order valence-corrected chi connectivity index (χ2v) is 9.28. The topological polar surface area (TPSA) is 55.7 Å². The molecule has 6 heteroatoms. The lowest BCUT2D eigenvalue weighted by Gasteiger charge is -2.31. The van der Waals surface area contributed by atoms with Gasteiger partial charge in [-0.25, -0.2) is 4.79 Å². The summed E-state index contributed by atoms with van der Waals surface area (Å²) in [6.45, 7) is 4.84. The monoisotopic (exact) mass is 481 g/mol. The number of urea groups is 1. The van der Waals surface area contributed by atoms with Crippen LogP contribution >= 0.6 is 0 Å². The molecule has 1 atom stereocenters. The number of methoxy groups -OCH3 is 2. The smallest absolute Gasteiger partial charge is 0.322 e. The van der Waals surface area contributed by atoms with Crippen molar-refractivity contribution in [2.75, 3.05) is 19.5 Å². The fraction of sp³-hybridized carbons (Fsp3) is 0.233. The van der Waals surface area contributed by atoms with Crippen LogP contribution in [-0.2, 0) is 6.54 Å². The molecule has 3 aromatic carbocycles. The first-order valence-corrected chi connectivity index (χ1v) is 12.1. The molecule has 0 saturated heterocycles. The van der Waals surface area contributed by atoms with Crippen molar-refractivity contribution in [3.05, 3.63) is 107 Å². The van der Waals surface area contributed by atoms with Crippen molar-refractivity contribution in [2.45, 2.75) is 32.4 Å². The molecule has 184 valence electrons. The van der Waals surface area contributed by atoms with Gasteiger partial charge in [-0.3, -0.25) is 0 Å². The van der Waals surface area contributed by atoms with Gasteiger partial charge in [0.15, 0.2) is 11.5 Å². The Balaban J connectivity index is 1.58. The van der Waals surface area contributed by atoms with Gasteiger partial charge in [0.25, 0.3) is 0 Å². The average molecular weight is 482 g/mol. The highest BCUT2D eigenvalue weighted by molar-refractivity contribution is 5.90. The molecule has 36 heavy (non-hydrogen) atoms. The molecule has 5 rings (SSSR count). The van der Waals surface area contributed by atoms with Crippen LogP contribution in [0.15, 0.2) is 85.1 Å². The Morgan fingerprint density at radius 2 is 1.67 bits per heavy atom. The number of anilines is 1. The summed E-state index contributed by atoms with van der Waals surface area (Å²) >= 11 is 0. The van der Waals surface area contributed by atoms with Crippen molar-refractivity contribution in [1.82, 2.24) is 9.47 Å². The minimum atomic E-state index is -0.270. The van der Waals surface area contributed by atoms with Gasteiger partial charge in [0.05, 0.1) is 32.5 Å². The van der Waals surface area contributed by atoms with E-state index in [0.29, 0.717) is 29.6 Å². The van der Waals surface area contributed by atoms with Gasteiger partial charge in [-0.05, 0) is 52.9 Å². The Morgan fingerprint density at radius 1 is 0.917 bits per heavy atom. The number of nitrogens with zero attached hydrogens (tertiary/aromatic N) is 2.